The van der Waals surface area contributed by atoms with Crippen molar-refractivity contribution in [2.45, 2.75) is 6.17 Å². The summed E-state index contributed by atoms with van der Waals surface area (Å²) < 4.78 is 22.4. The number of alkyl halides is 1. The Bertz CT molecular complexity index is 323. The Kier molecular flexibility index (Phi) is 3.91. The fourth-order valence-electron chi connectivity index (χ4n) is 0.913. The van der Waals surface area contributed by atoms with Gasteiger partial charge in [0.1, 0.15) is 18.1 Å². The van der Waals surface area contributed by atoms with Crippen molar-refractivity contribution in [1.82, 2.24) is 0 Å². The number of benzene rings is 1. The number of methoxy groups -OCH3 is 1. The summed E-state index contributed by atoms with van der Waals surface area (Å²) in [6.07, 6.45) is -2.01. The first-order chi connectivity index (χ1) is 7.13. The van der Waals surface area contributed by atoms with Crippen LogP contribution in [0.3, 0.4) is 0 Å². The Morgan fingerprint density at radius 2 is 1.93 bits per heavy atom. The summed E-state index contributed by atoms with van der Waals surface area (Å²) in [5.41, 5.74) is 0. The SMILES string of the molecule is COc1ccc(OCC(F)C(=O)O)cc1. The predicted octanol–water partition coefficient (Wildman–Crippen LogP) is 1.50. The van der Waals surface area contributed by atoms with E-state index in [0.29, 0.717) is 11.5 Å². The molecule has 1 rings (SSSR count). The van der Waals surface area contributed by atoms with Gasteiger partial charge in [0, 0.05) is 0 Å². The fraction of sp³-hybridized carbons (Fsp3) is 0.300. The zero-order chi connectivity index (χ0) is 11.3. The Morgan fingerprint density at radius 3 is 2.40 bits per heavy atom. The Morgan fingerprint density at radius 1 is 1.40 bits per heavy atom. The van der Waals surface area contributed by atoms with Gasteiger partial charge in [-0.05, 0) is 24.3 Å². The van der Waals surface area contributed by atoms with Crippen molar-refractivity contribution in [3.8, 4) is 11.5 Å². The second kappa shape index (κ2) is 5.19. The molecule has 0 saturated carbocycles. The zero-order valence-electron chi connectivity index (χ0n) is 8.14. The number of ether oxygens (including phenoxy) is 2. The van der Waals surface area contributed by atoms with Crippen molar-refractivity contribution in [2.75, 3.05) is 13.7 Å². The van der Waals surface area contributed by atoms with Gasteiger partial charge in [0.05, 0.1) is 7.11 Å². The number of carbonyl (C=O) groups is 1. The topological polar surface area (TPSA) is 55.8 Å². The molecule has 4 nitrogen and oxygen atoms in total. The highest BCUT2D eigenvalue weighted by molar-refractivity contribution is 5.72. The van der Waals surface area contributed by atoms with Gasteiger partial charge in [-0.3, -0.25) is 0 Å². The van der Waals surface area contributed by atoms with E-state index in [1.165, 1.54) is 7.11 Å². The van der Waals surface area contributed by atoms with Crippen molar-refractivity contribution in [3.05, 3.63) is 24.3 Å². The summed E-state index contributed by atoms with van der Waals surface area (Å²) in [6, 6.07) is 6.44. The Balaban J connectivity index is 2.47. The minimum Gasteiger partial charge on any atom is -0.497 e. The third-order valence-electron chi connectivity index (χ3n) is 1.72. The van der Waals surface area contributed by atoms with Gasteiger partial charge < -0.3 is 14.6 Å². The van der Waals surface area contributed by atoms with E-state index in [-0.39, 0.29) is 0 Å². The average Bonchev–Trinajstić information content (AvgIpc) is 2.26. The van der Waals surface area contributed by atoms with Crippen LogP contribution in [0.15, 0.2) is 24.3 Å². The summed E-state index contributed by atoms with van der Waals surface area (Å²) in [7, 11) is 1.53. The maximum Gasteiger partial charge on any atom is 0.341 e. The summed E-state index contributed by atoms with van der Waals surface area (Å²) >= 11 is 0. The highest BCUT2D eigenvalue weighted by Crippen LogP contribution is 2.17. The summed E-state index contributed by atoms with van der Waals surface area (Å²) in [6.45, 7) is -0.498. The molecule has 0 heterocycles. The van der Waals surface area contributed by atoms with Crippen LogP contribution in [0.5, 0.6) is 11.5 Å². The first-order valence-electron chi connectivity index (χ1n) is 4.27. The van der Waals surface area contributed by atoms with Gasteiger partial charge in [0.15, 0.2) is 0 Å². The molecule has 0 aromatic heterocycles. The van der Waals surface area contributed by atoms with Crippen LogP contribution in [0.2, 0.25) is 0 Å². The largest absolute Gasteiger partial charge is 0.497 e. The molecule has 82 valence electrons. The van der Waals surface area contributed by atoms with Crippen LogP contribution < -0.4 is 9.47 Å². The van der Waals surface area contributed by atoms with E-state index >= 15 is 0 Å². The van der Waals surface area contributed by atoms with E-state index in [1.54, 1.807) is 24.3 Å². The maximum absolute atomic E-state index is 12.6. The number of hydrogen-bond donors (Lipinski definition) is 1. The van der Waals surface area contributed by atoms with Crippen molar-refractivity contribution < 1.29 is 23.8 Å². The third-order valence-corrected chi connectivity index (χ3v) is 1.72. The molecule has 0 aliphatic carbocycles. The summed E-state index contributed by atoms with van der Waals surface area (Å²) in [4.78, 5) is 10.1. The van der Waals surface area contributed by atoms with Crippen LogP contribution in [-0.4, -0.2) is 31.0 Å². The van der Waals surface area contributed by atoms with E-state index in [4.69, 9.17) is 14.6 Å². The van der Waals surface area contributed by atoms with Crippen molar-refractivity contribution >= 4 is 5.97 Å². The van der Waals surface area contributed by atoms with Crippen LogP contribution >= 0.6 is 0 Å². The van der Waals surface area contributed by atoms with Crippen LogP contribution in [0.25, 0.3) is 0 Å². The van der Waals surface area contributed by atoms with Crippen LogP contribution in [-0.2, 0) is 4.79 Å². The molecule has 1 atom stereocenters. The molecule has 15 heavy (non-hydrogen) atoms. The lowest BCUT2D eigenvalue weighted by Crippen LogP contribution is -2.22. The molecule has 5 heteroatoms. The maximum atomic E-state index is 12.6. The minimum atomic E-state index is -2.01. The molecule has 0 radical (unpaired) electrons. The lowest BCUT2D eigenvalue weighted by molar-refractivity contribution is -0.143. The van der Waals surface area contributed by atoms with E-state index in [2.05, 4.69) is 0 Å². The molecule has 1 aromatic carbocycles. The number of halogens is 1. The second-order valence-electron chi connectivity index (χ2n) is 2.79. The van der Waals surface area contributed by atoms with Gasteiger partial charge in [0.25, 0.3) is 0 Å². The van der Waals surface area contributed by atoms with Crippen LogP contribution in [0, 0.1) is 0 Å². The van der Waals surface area contributed by atoms with E-state index in [9.17, 15) is 9.18 Å². The average molecular weight is 214 g/mol. The molecule has 1 aromatic rings. The molecule has 1 N–H and O–H groups in total. The number of hydrogen-bond acceptors (Lipinski definition) is 3. The second-order valence-corrected chi connectivity index (χ2v) is 2.79. The van der Waals surface area contributed by atoms with Gasteiger partial charge in [-0.2, -0.15) is 0 Å². The number of carboxylic acids is 1. The van der Waals surface area contributed by atoms with E-state index in [0.717, 1.165) is 0 Å². The van der Waals surface area contributed by atoms with Crippen molar-refractivity contribution in [3.63, 3.8) is 0 Å². The van der Waals surface area contributed by atoms with E-state index < -0.39 is 18.7 Å². The molecule has 0 bridgehead atoms. The quantitative estimate of drug-likeness (QED) is 0.806. The highest BCUT2D eigenvalue weighted by Gasteiger charge is 2.16. The molecular weight excluding hydrogens is 203 g/mol. The zero-order valence-corrected chi connectivity index (χ0v) is 8.14. The highest BCUT2D eigenvalue weighted by atomic mass is 19.1. The molecular formula is C10H11FO4. The molecule has 0 aliphatic heterocycles. The van der Waals surface area contributed by atoms with Crippen molar-refractivity contribution in [1.29, 1.82) is 0 Å². The minimum absolute atomic E-state index is 0.403. The predicted molar refractivity (Wildman–Crippen MR) is 51.0 cm³/mol. The van der Waals surface area contributed by atoms with Gasteiger partial charge in [-0.15, -0.1) is 0 Å². The molecule has 0 aliphatic rings. The monoisotopic (exact) mass is 214 g/mol. The molecule has 0 fully saturated rings. The normalized spacial score (nSPS) is 11.9. The fourth-order valence-corrected chi connectivity index (χ4v) is 0.913. The lowest BCUT2D eigenvalue weighted by atomic mass is 10.3. The molecule has 0 spiro atoms. The standard InChI is InChI=1S/C10H11FO4/c1-14-7-2-4-8(5-3-7)15-6-9(11)10(12)13/h2-5,9H,6H2,1H3,(H,12,13). The Hall–Kier alpha value is -1.78. The number of aliphatic carboxylic acids is 1. The summed E-state index contributed by atoms with van der Waals surface area (Å²) in [5, 5.41) is 8.27. The van der Waals surface area contributed by atoms with Gasteiger partial charge >= 0.3 is 5.97 Å². The first kappa shape index (κ1) is 11.3. The van der Waals surface area contributed by atoms with Crippen LogP contribution in [0.4, 0.5) is 4.39 Å². The van der Waals surface area contributed by atoms with Crippen LogP contribution in [0.1, 0.15) is 0 Å². The number of carboxylic acid groups (broad SMARTS) is 1. The molecule has 0 saturated heterocycles. The first-order valence-corrected chi connectivity index (χ1v) is 4.27. The van der Waals surface area contributed by atoms with Crippen molar-refractivity contribution in [2.24, 2.45) is 0 Å². The smallest absolute Gasteiger partial charge is 0.341 e. The lowest BCUT2D eigenvalue weighted by Gasteiger charge is -2.07. The van der Waals surface area contributed by atoms with Gasteiger partial charge in [-0.1, -0.05) is 0 Å². The molecule has 0 amide bonds. The molecule has 1 unspecified atom stereocenters. The van der Waals surface area contributed by atoms with E-state index in [1.807, 2.05) is 0 Å². The number of rotatable bonds is 5. The summed E-state index contributed by atoms with van der Waals surface area (Å²) in [5.74, 6) is -0.472. The van der Waals surface area contributed by atoms with Gasteiger partial charge in [-0.25, -0.2) is 9.18 Å². The van der Waals surface area contributed by atoms with Gasteiger partial charge in [0.2, 0.25) is 6.17 Å². The Labute approximate surface area is 86.2 Å². The third kappa shape index (κ3) is 3.46.